The van der Waals surface area contributed by atoms with E-state index in [4.69, 9.17) is 9.47 Å². The molecule has 3 nitrogen and oxygen atoms in total. The van der Waals surface area contributed by atoms with E-state index in [9.17, 15) is 0 Å². The number of hydrogen-bond acceptors (Lipinski definition) is 3. The predicted octanol–water partition coefficient (Wildman–Crippen LogP) is 0.129. The van der Waals surface area contributed by atoms with Crippen molar-refractivity contribution in [3.05, 3.63) is 23.8 Å². The fourth-order valence-electron chi connectivity index (χ4n) is 3.15. The van der Waals surface area contributed by atoms with Gasteiger partial charge in [-0.25, -0.2) is 0 Å². The van der Waals surface area contributed by atoms with Crippen molar-refractivity contribution in [2.75, 3.05) is 27.3 Å². The summed E-state index contributed by atoms with van der Waals surface area (Å²) in [7, 11) is 3.38. The highest BCUT2D eigenvalue weighted by Crippen LogP contribution is 2.43. The topological polar surface area (TPSA) is 30.5 Å². The number of methoxy groups -OCH3 is 2. The summed E-state index contributed by atoms with van der Waals surface area (Å²) < 4.78 is 10.8. The minimum Gasteiger partial charge on any atom is -1.00 e. The van der Waals surface area contributed by atoms with Gasteiger partial charge < -0.3 is 27.2 Å². The van der Waals surface area contributed by atoms with Crippen LogP contribution in [0.5, 0.6) is 11.5 Å². The molecule has 0 radical (unpaired) electrons. The third kappa shape index (κ3) is 3.39. The Morgan fingerprint density at radius 1 is 1.10 bits per heavy atom. The summed E-state index contributed by atoms with van der Waals surface area (Å²) >= 11 is 0. The van der Waals surface area contributed by atoms with E-state index in [1.165, 1.54) is 31.2 Å². The van der Waals surface area contributed by atoms with E-state index >= 15 is 0 Å². The molecule has 0 atom stereocenters. The van der Waals surface area contributed by atoms with E-state index in [1.54, 1.807) is 14.2 Å². The first-order valence-electron chi connectivity index (χ1n) is 7.19. The molecule has 0 aromatic heterocycles. The van der Waals surface area contributed by atoms with Crippen LogP contribution < -0.4 is 27.2 Å². The van der Waals surface area contributed by atoms with Crippen molar-refractivity contribution >= 4 is 0 Å². The van der Waals surface area contributed by atoms with E-state index in [-0.39, 0.29) is 17.8 Å². The van der Waals surface area contributed by atoms with Gasteiger partial charge >= 0.3 is 0 Å². The summed E-state index contributed by atoms with van der Waals surface area (Å²) in [6, 6.07) is 6.38. The maximum Gasteiger partial charge on any atom is 0.161 e. The first-order chi connectivity index (χ1) is 9.25. The van der Waals surface area contributed by atoms with Gasteiger partial charge in [0, 0.05) is 12.0 Å². The van der Waals surface area contributed by atoms with Crippen LogP contribution >= 0.6 is 0 Å². The Kier molecular flexibility index (Phi) is 6.63. The molecule has 1 aromatic carbocycles. The largest absolute Gasteiger partial charge is 1.00 e. The Labute approximate surface area is 128 Å². The molecule has 1 aliphatic rings. The van der Waals surface area contributed by atoms with E-state index in [0.717, 1.165) is 24.6 Å². The SMILES string of the molecule is CCNCC1(c2ccc(OC)c(OC)c2)CCCC1.[Cl-]. The maximum absolute atomic E-state index is 5.44. The highest BCUT2D eigenvalue weighted by Gasteiger charge is 2.35. The number of rotatable bonds is 6. The molecule has 1 aromatic rings. The summed E-state index contributed by atoms with van der Waals surface area (Å²) in [6.45, 7) is 4.24. The van der Waals surface area contributed by atoms with Gasteiger partial charge in [0.15, 0.2) is 11.5 Å². The molecular formula is C16H25ClNO2-. The second kappa shape index (κ2) is 7.75. The predicted molar refractivity (Wildman–Crippen MR) is 78.2 cm³/mol. The molecule has 1 saturated carbocycles. The number of hydrogen-bond donors (Lipinski definition) is 1. The molecule has 0 heterocycles. The van der Waals surface area contributed by atoms with Gasteiger partial charge in [0.1, 0.15) is 0 Å². The molecule has 1 N–H and O–H groups in total. The average Bonchev–Trinajstić information content (AvgIpc) is 2.94. The number of likely N-dealkylation sites (N-methyl/N-ethyl adjacent to an activating group) is 1. The zero-order valence-corrected chi connectivity index (χ0v) is 13.4. The Morgan fingerprint density at radius 3 is 2.30 bits per heavy atom. The quantitative estimate of drug-likeness (QED) is 0.810. The summed E-state index contributed by atoms with van der Waals surface area (Å²) in [6.07, 6.45) is 5.16. The lowest BCUT2D eigenvalue weighted by Gasteiger charge is -2.30. The van der Waals surface area contributed by atoms with E-state index < -0.39 is 0 Å². The van der Waals surface area contributed by atoms with Gasteiger partial charge in [-0.15, -0.1) is 0 Å². The number of benzene rings is 1. The molecule has 1 fully saturated rings. The lowest BCUT2D eigenvalue weighted by molar-refractivity contribution is -0.00000464. The Morgan fingerprint density at radius 2 is 1.75 bits per heavy atom. The first-order valence-corrected chi connectivity index (χ1v) is 7.19. The second-order valence-corrected chi connectivity index (χ2v) is 5.34. The smallest absolute Gasteiger partial charge is 0.161 e. The lowest BCUT2D eigenvalue weighted by atomic mass is 9.78. The van der Waals surface area contributed by atoms with Gasteiger partial charge in [-0.05, 0) is 37.1 Å². The molecule has 0 unspecified atom stereocenters. The van der Waals surface area contributed by atoms with Gasteiger partial charge in [-0.2, -0.15) is 0 Å². The van der Waals surface area contributed by atoms with Crippen molar-refractivity contribution in [2.24, 2.45) is 0 Å². The molecule has 114 valence electrons. The highest BCUT2D eigenvalue weighted by molar-refractivity contribution is 5.45. The van der Waals surface area contributed by atoms with Crippen LogP contribution in [-0.2, 0) is 5.41 Å². The van der Waals surface area contributed by atoms with Gasteiger partial charge in [-0.1, -0.05) is 25.8 Å². The molecule has 0 saturated heterocycles. The van der Waals surface area contributed by atoms with Crippen molar-refractivity contribution in [1.82, 2.24) is 5.32 Å². The second-order valence-electron chi connectivity index (χ2n) is 5.34. The molecule has 20 heavy (non-hydrogen) atoms. The molecule has 0 amide bonds. The van der Waals surface area contributed by atoms with Crippen LogP contribution in [0.1, 0.15) is 38.2 Å². The maximum atomic E-state index is 5.44. The van der Waals surface area contributed by atoms with Crippen LogP contribution in [0.4, 0.5) is 0 Å². The van der Waals surface area contributed by atoms with Crippen molar-refractivity contribution in [3.8, 4) is 11.5 Å². The van der Waals surface area contributed by atoms with Gasteiger partial charge in [0.25, 0.3) is 0 Å². The molecule has 0 spiro atoms. The van der Waals surface area contributed by atoms with Crippen molar-refractivity contribution in [3.63, 3.8) is 0 Å². The monoisotopic (exact) mass is 298 g/mol. The first kappa shape index (κ1) is 17.1. The zero-order valence-electron chi connectivity index (χ0n) is 12.7. The summed E-state index contributed by atoms with van der Waals surface area (Å²) in [4.78, 5) is 0. The summed E-state index contributed by atoms with van der Waals surface area (Å²) in [5.41, 5.74) is 1.65. The number of nitrogens with one attached hydrogen (secondary N) is 1. The van der Waals surface area contributed by atoms with Crippen LogP contribution in [0.3, 0.4) is 0 Å². The van der Waals surface area contributed by atoms with Crippen molar-refractivity contribution in [1.29, 1.82) is 0 Å². The van der Waals surface area contributed by atoms with Gasteiger partial charge in [0.2, 0.25) is 0 Å². The standard InChI is InChI=1S/C16H25NO2.ClH/c1-4-17-12-16(9-5-6-10-16)13-7-8-14(18-2)15(11-13)19-3;/h7-8,11,17H,4-6,9-10,12H2,1-3H3;1H/p-1. The van der Waals surface area contributed by atoms with Crippen molar-refractivity contribution in [2.45, 2.75) is 38.0 Å². The molecular weight excluding hydrogens is 274 g/mol. The van der Waals surface area contributed by atoms with Crippen LogP contribution in [-0.4, -0.2) is 27.3 Å². The van der Waals surface area contributed by atoms with Crippen LogP contribution in [0, 0.1) is 0 Å². The Bertz CT molecular complexity index is 417. The summed E-state index contributed by atoms with van der Waals surface area (Å²) in [5, 5.41) is 3.52. The Hall–Kier alpha value is -0.930. The molecule has 4 heteroatoms. The van der Waals surface area contributed by atoms with E-state index in [0.29, 0.717) is 0 Å². The van der Waals surface area contributed by atoms with Gasteiger partial charge in [0.05, 0.1) is 14.2 Å². The minimum atomic E-state index is 0. The Balaban J connectivity index is 0.00000200. The number of halogens is 1. The summed E-state index contributed by atoms with van der Waals surface area (Å²) in [5.74, 6) is 1.64. The van der Waals surface area contributed by atoms with E-state index in [1.807, 2.05) is 6.07 Å². The molecule has 1 aliphatic carbocycles. The fraction of sp³-hybridized carbons (Fsp3) is 0.625. The average molecular weight is 299 g/mol. The van der Waals surface area contributed by atoms with Crippen LogP contribution in [0.2, 0.25) is 0 Å². The van der Waals surface area contributed by atoms with Crippen molar-refractivity contribution < 1.29 is 21.9 Å². The van der Waals surface area contributed by atoms with Gasteiger partial charge in [-0.3, -0.25) is 0 Å². The van der Waals surface area contributed by atoms with E-state index in [2.05, 4.69) is 24.4 Å². The number of ether oxygens (including phenoxy) is 2. The zero-order chi connectivity index (χ0) is 13.7. The lowest BCUT2D eigenvalue weighted by Crippen LogP contribution is -3.00. The van der Waals surface area contributed by atoms with Crippen LogP contribution in [0.15, 0.2) is 18.2 Å². The third-order valence-electron chi connectivity index (χ3n) is 4.27. The van der Waals surface area contributed by atoms with Crippen LogP contribution in [0.25, 0.3) is 0 Å². The molecule has 2 rings (SSSR count). The molecule has 0 bridgehead atoms. The third-order valence-corrected chi connectivity index (χ3v) is 4.27. The normalized spacial score (nSPS) is 16.6. The molecule has 0 aliphatic heterocycles. The minimum absolute atomic E-state index is 0. The highest BCUT2D eigenvalue weighted by atomic mass is 35.5. The fourth-order valence-corrected chi connectivity index (χ4v) is 3.15.